The molecule has 0 aliphatic rings. The molecule has 0 spiro atoms. The summed E-state index contributed by atoms with van der Waals surface area (Å²) in [6.45, 7) is 8.76. The van der Waals surface area contributed by atoms with E-state index < -0.39 is 11.9 Å². The summed E-state index contributed by atoms with van der Waals surface area (Å²) in [7, 11) is 0. The normalized spacial score (nSPS) is 11.0. The number of carbonyl (C=O) groups is 2. The molecule has 0 aliphatic heterocycles. The van der Waals surface area contributed by atoms with Gasteiger partial charge in [0.05, 0.1) is 12.2 Å². The van der Waals surface area contributed by atoms with E-state index >= 15 is 0 Å². The number of nitrogens with zero attached hydrogens (tertiary/aromatic N) is 2. The van der Waals surface area contributed by atoms with Crippen LogP contribution in [-0.2, 0) is 18.0 Å². The Kier molecular flexibility index (Phi) is 9.93. The highest BCUT2D eigenvalue weighted by Gasteiger charge is 2.31. The van der Waals surface area contributed by atoms with Crippen molar-refractivity contribution in [2.24, 2.45) is 0 Å². The standard InChI is InChI=1S/C35H35N3O7/c1-5-36-34(39)32-31(30-18-27(37-44-30)35(40)41-6-2)33(45-38-32)26-17-25(22(3)4)28(42-20-23-13-9-7-10-14-23)19-29(26)43-21-24-15-11-8-12-16-24/h7-19,22H,5-6,20-21H2,1-4H3,(H,36,39). The lowest BCUT2D eigenvalue weighted by Crippen LogP contribution is -2.23. The second-order valence-electron chi connectivity index (χ2n) is 10.5. The molecule has 10 heteroatoms. The van der Waals surface area contributed by atoms with Crippen LogP contribution in [-0.4, -0.2) is 35.3 Å². The monoisotopic (exact) mass is 609 g/mol. The van der Waals surface area contributed by atoms with E-state index in [1.54, 1.807) is 13.8 Å². The fourth-order valence-corrected chi connectivity index (χ4v) is 4.72. The number of hydrogen-bond donors (Lipinski definition) is 1. The molecule has 5 rings (SSSR count). The van der Waals surface area contributed by atoms with Crippen molar-refractivity contribution < 1.29 is 32.8 Å². The SMILES string of the molecule is CCNC(=O)c1noc(-c2cc(C(C)C)c(OCc3ccccc3)cc2OCc2ccccc2)c1-c1cc(C(=O)OCC)no1. The van der Waals surface area contributed by atoms with Crippen LogP contribution in [0.1, 0.15) is 71.3 Å². The smallest absolute Gasteiger partial charge is 0.360 e. The highest BCUT2D eigenvalue weighted by atomic mass is 16.5. The third-order valence-electron chi connectivity index (χ3n) is 6.94. The maximum absolute atomic E-state index is 13.1. The molecule has 0 fully saturated rings. The van der Waals surface area contributed by atoms with Gasteiger partial charge in [-0.05, 0) is 42.5 Å². The first kappa shape index (κ1) is 31.1. The number of benzene rings is 3. The van der Waals surface area contributed by atoms with Gasteiger partial charge in [0.15, 0.2) is 22.9 Å². The van der Waals surface area contributed by atoms with Crippen molar-refractivity contribution in [1.82, 2.24) is 15.6 Å². The minimum atomic E-state index is -0.654. The molecule has 1 amide bonds. The largest absolute Gasteiger partial charge is 0.488 e. The summed E-state index contributed by atoms with van der Waals surface area (Å²) in [5, 5.41) is 10.8. The molecule has 0 bridgehead atoms. The molecule has 0 radical (unpaired) electrons. The third kappa shape index (κ3) is 7.23. The van der Waals surface area contributed by atoms with Crippen molar-refractivity contribution >= 4 is 11.9 Å². The molecule has 5 aromatic rings. The number of carbonyl (C=O) groups excluding carboxylic acids is 2. The van der Waals surface area contributed by atoms with Crippen molar-refractivity contribution in [1.29, 1.82) is 0 Å². The number of amides is 1. The Balaban J connectivity index is 1.65. The molecule has 3 aromatic carbocycles. The Hall–Kier alpha value is -5.38. The van der Waals surface area contributed by atoms with Crippen molar-refractivity contribution in [2.45, 2.75) is 46.8 Å². The van der Waals surface area contributed by atoms with E-state index in [-0.39, 0.29) is 47.6 Å². The Labute approximate surface area is 261 Å². The third-order valence-corrected chi connectivity index (χ3v) is 6.94. The van der Waals surface area contributed by atoms with Crippen LogP contribution in [0.15, 0.2) is 87.9 Å². The lowest BCUT2D eigenvalue weighted by atomic mass is 9.95. The predicted molar refractivity (Wildman–Crippen MR) is 167 cm³/mol. The van der Waals surface area contributed by atoms with Crippen molar-refractivity contribution in [3.8, 4) is 34.1 Å². The molecule has 0 unspecified atom stereocenters. The van der Waals surface area contributed by atoms with Crippen LogP contribution in [0.2, 0.25) is 0 Å². The van der Waals surface area contributed by atoms with Crippen LogP contribution in [0, 0.1) is 0 Å². The van der Waals surface area contributed by atoms with Crippen LogP contribution < -0.4 is 14.8 Å². The number of nitrogens with one attached hydrogen (secondary N) is 1. The Morgan fingerprint density at radius 2 is 1.47 bits per heavy atom. The Morgan fingerprint density at radius 1 is 0.822 bits per heavy atom. The number of ether oxygens (including phenoxy) is 3. The second kappa shape index (κ2) is 14.4. The fraction of sp³-hybridized carbons (Fsp3) is 0.257. The average molecular weight is 610 g/mol. The molecule has 45 heavy (non-hydrogen) atoms. The first-order valence-corrected chi connectivity index (χ1v) is 14.8. The summed E-state index contributed by atoms with van der Waals surface area (Å²) >= 11 is 0. The van der Waals surface area contributed by atoms with Gasteiger partial charge >= 0.3 is 5.97 Å². The molecule has 2 aromatic heterocycles. The van der Waals surface area contributed by atoms with Gasteiger partial charge in [0.1, 0.15) is 30.3 Å². The molecule has 0 aliphatic carbocycles. The van der Waals surface area contributed by atoms with Gasteiger partial charge in [-0.3, -0.25) is 4.79 Å². The molecule has 0 saturated carbocycles. The minimum absolute atomic E-state index is 0.0251. The lowest BCUT2D eigenvalue weighted by molar-refractivity contribution is 0.0514. The number of rotatable bonds is 13. The van der Waals surface area contributed by atoms with Gasteiger partial charge in [-0.2, -0.15) is 0 Å². The molecule has 1 N–H and O–H groups in total. The molecule has 0 saturated heterocycles. The molecule has 2 heterocycles. The number of esters is 1. The van der Waals surface area contributed by atoms with Gasteiger partial charge in [-0.25, -0.2) is 4.79 Å². The summed E-state index contributed by atoms with van der Waals surface area (Å²) in [6, 6.07) is 24.8. The van der Waals surface area contributed by atoms with Crippen LogP contribution in [0.4, 0.5) is 0 Å². The van der Waals surface area contributed by atoms with E-state index in [1.165, 1.54) is 6.07 Å². The Bertz CT molecular complexity index is 1740. The van der Waals surface area contributed by atoms with Gasteiger partial charge in [0.25, 0.3) is 5.91 Å². The predicted octanol–water partition coefficient (Wildman–Crippen LogP) is 7.20. The van der Waals surface area contributed by atoms with E-state index in [2.05, 4.69) is 29.5 Å². The van der Waals surface area contributed by atoms with Gasteiger partial charge in [-0.1, -0.05) is 84.8 Å². The van der Waals surface area contributed by atoms with Gasteiger partial charge in [0.2, 0.25) is 0 Å². The van der Waals surface area contributed by atoms with Gasteiger partial charge in [-0.15, -0.1) is 0 Å². The minimum Gasteiger partial charge on any atom is -0.488 e. The van der Waals surface area contributed by atoms with Crippen molar-refractivity contribution in [3.05, 3.63) is 107 Å². The summed E-state index contributed by atoms with van der Waals surface area (Å²) in [4.78, 5) is 25.5. The summed E-state index contributed by atoms with van der Waals surface area (Å²) in [5.41, 5.74) is 3.54. The number of aromatic nitrogens is 2. The topological polar surface area (TPSA) is 126 Å². The van der Waals surface area contributed by atoms with E-state index in [1.807, 2.05) is 72.8 Å². The van der Waals surface area contributed by atoms with Crippen LogP contribution in [0.3, 0.4) is 0 Å². The Morgan fingerprint density at radius 3 is 2.07 bits per heavy atom. The number of hydrogen-bond acceptors (Lipinski definition) is 9. The van der Waals surface area contributed by atoms with E-state index in [0.717, 1.165) is 16.7 Å². The van der Waals surface area contributed by atoms with Crippen LogP contribution >= 0.6 is 0 Å². The highest BCUT2D eigenvalue weighted by Crippen LogP contribution is 2.44. The van der Waals surface area contributed by atoms with Crippen molar-refractivity contribution in [3.63, 3.8) is 0 Å². The summed E-state index contributed by atoms with van der Waals surface area (Å²) in [6.07, 6.45) is 0. The summed E-state index contributed by atoms with van der Waals surface area (Å²) < 4.78 is 29.3. The molecule has 10 nitrogen and oxygen atoms in total. The fourth-order valence-electron chi connectivity index (χ4n) is 4.72. The first-order chi connectivity index (χ1) is 21.9. The van der Waals surface area contributed by atoms with Gasteiger partial charge < -0.3 is 28.6 Å². The second-order valence-corrected chi connectivity index (χ2v) is 10.5. The van der Waals surface area contributed by atoms with E-state index in [0.29, 0.717) is 30.2 Å². The molecule has 0 atom stereocenters. The van der Waals surface area contributed by atoms with Crippen molar-refractivity contribution in [2.75, 3.05) is 13.2 Å². The zero-order valence-electron chi connectivity index (χ0n) is 25.7. The van der Waals surface area contributed by atoms with Gasteiger partial charge in [0, 0.05) is 18.7 Å². The molecular formula is C35H35N3O7. The van der Waals surface area contributed by atoms with E-state index in [4.69, 9.17) is 23.3 Å². The first-order valence-electron chi connectivity index (χ1n) is 14.8. The summed E-state index contributed by atoms with van der Waals surface area (Å²) in [5.74, 6) is 0.329. The van der Waals surface area contributed by atoms with Crippen LogP contribution in [0.25, 0.3) is 22.6 Å². The average Bonchev–Trinajstić information content (AvgIpc) is 3.72. The van der Waals surface area contributed by atoms with Crippen LogP contribution in [0.5, 0.6) is 11.5 Å². The highest BCUT2D eigenvalue weighted by molar-refractivity contribution is 6.02. The molecular weight excluding hydrogens is 574 g/mol. The zero-order chi connectivity index (χ0) is 31.8. The maximum atomic E-state index is 13.1. The maximum Gasteiger partial charge on any atom is 0.360 e. The lowest BCUT2D eigenvalue weighted by Gasteiger charge is -2.19. The van der Waals surface area contributed by atoms with E-state index in [9.17, 15) is 9.59 Å². The zero-order valence-corrected chi connectivity index (χ0v) is 25.7. The molecule has 232 valence electrons. The quantitative estimate of drug-likeness (QED) is 0.138.